The molecule has 3 heteroatoms. The summed E-state index contributed by atoms with van der Waals surface area (Å²) in [5, 5.41) is 3.49. The Balaban J connectivity index is 2.01. The van der Waals surface area contributed by atoms with Crippen molar-refractivity contribution in [3.63, 3.8) is 0 Å². The van der Waals surface area contributed by atoms with Crippen LogP contribution in [0.2, 0.25) is 0 Å². The SMILES string of the molecule is NCC(NC1CC=CC1)c1ccc(F)cc1. The highest BCUT2D eigenvalue weighted by Crippen LogP contribution is 2.17. The number of halogens is 1. The van der Waals surface area contributed by atoms with E-state index in [2.05, 4.69) is 17.5 Å². The molecule has 0 aliphatic heterocycles. The summed E-state index contributed by atoms with van der Waals surface area (Å²) in [5.41, 5.74) is 6.80. The van der Waals surface area contributed by atoms with E-state index in [1.54, 1.807) is 12.1 Å². The van der Waals surface area contributed by atoms with Gasteiger partial charge in [-0.05, 0) is 30.5 Å². The molecule has 0 fully saturated rings. The molecule has 2 nitrogen and oxygen atoms in total. The van der Waals surface area contributed by atoms with E-state index in [9.17, 15) is 4.39 Å². The van der Waals surface area contributed by atoms with Crippen molar-refractivity contribution in [2.45, 2.75) is 24.9 Å². The lowest BCUT2D eigenvalue weighted by atomic mass is 10.1. The van der Waals surface area contributed by atoms with Gasteiger partial charge in [-0.15, -0.1) is 0 Å². The van der Waals surface area contributed by atoms with Gasteiger partial charge in [0.05, 0.1) is 0 Å². The van der Waals surface area contributed by atoms with Crippen molar-refractivity contribution in [1.29, 1.82) is 0 Å². The zero-order valence-electron chi connectivity index (χ0n) is 9.20. The summed E-state index contributed by atoms with van der Waals surface area (Å²) >= 11 is 0. The summed E-state index contributed by atoms with van der Waals surface area (Å²) < 4.78 is 12.8. The van der Waals surface area contributed by atoms with Crippen molar-refractivity contribution in [3.8, 4) is 0 Å². The minimum atomic E-state index is -0.206. The van der Waals surface area contributed by atoms with Crippen LogP contribution in [0.15, 0.2) is 36.4 Å². The quantitative estimate of drug-likeness (QED) is 0.763. The number of benzene rings is 1. The summed E-state index contributed by atoms with van der Waals surface area (Å²) in [4.78, 5) is 0. The van der Waals surface area contributed by atoms with Gasteiger partial charge in [-0.25, -0.2) is 4.39 Å². The highest BCUT2D eigenvalue weighted by molar-refractivity contribution is 5.20. The normalized spacial score (nSPS) is 17.9. The maximum atomic E-state index is 12.8. The van der Waals surface area contributed by atoms with Crippen LogP contribution >= 0.6 is 0 Å². The molecule has 1 unspecified atom stereocenters. The Bertz CT molecular complexity index is 351. The van der Waals surface area contributed by atoms with E-state index in [0.717, 1.165) is 18.4 Å². The minimum absolute atomic E-state index is 0.116. The van der Waals surface area contributed by atoms with Crippen LogP contribution in [0.3, 0.4) is 0 Å². The lowest BCUT2D eigenvalue weighted by molar-refractivity contribution is 0.453. The van der Waals surface area contributed by atoms with Gasteiger partial charge in [0.1, 0.15) is 5.82 Å². The number of nitrogens with two attached hydrogens (primary N) is 1. The lowest BCUT2D eigenvalue weighted by Crippen LogP contribution is -2.35. The van der Waals surface area contributed by atoms with Crippen LogP contribution in [-0.2, 0) is 0 Å². The Morgan fingerprint density at radius 3 is 2.44 bits per heavy atom. The lowest BCUT2D eigenvalue weighted by Gasteiger charge is -2.22. The zero-order valence-corrected chi connectivity index (χ0v) is 9.20. The van der Waals surface area contributed by atoms with Crippen molar-refractivity contribution in [1.82, 2.24) is 5.32 Å². The Kier molecular flexibility index (Phi) is 3.70. The fourth-order valence-electron chi connectivity index (χ4n) is 2.03. The number of nitrogens with one attached hydrogen (secondary N) is 1. The largest absolute Gasteiger partial charge is 0.329 e. The van der Waals surface area contributed by atoms with Crippen LogP contribution in [0.25, 0.3) is 0 Å². The average Bonchev–Trinajstić information content (AvgIpc) is 2.80. The summed E-state index contributed by atoms with van der Waals surface area (Å²) in [6.45, 7) is 0.530. The third-order valence-electron chi connectivity index (χ3n) is 2.95. The number of rotatable bonds is 4. The third kappa shape index (κ3) is 2.68. The highest BCUT2D eigenvalue weighted by Gasteiger charge is 2.16. The van der Waals surface area contributed by atoms with E-state index in [1.165, 1.54) is 12.1 Å². The Morgan fingerprint density at radius 2 is 1.88 bits per heavy atom. The molecule has 16 heavy (non-hydrogen) atoms. The van der Waals surface area contributed by atoms with Gasteiger partial charge >= 0.3 is 0 Å². The molecule has 0 bridgehead atoms. The molecule has 86 valence electrons. The molecule has 1 aromatic carbocycles. The molecule has 1 aliphatic carbocycles. The first kappa shape index (κ1) is 11.3. The first-order valence-corrected chi connectivity index (χ1v) is 5.66. The van der Waals surface area contributed by atoms with Crippen molar-refractivity contribution in [3.05, 3.63) is 47.8 Å². The summed E-state index contributed by atoms with van der Waals surface area (Å²) in [6, 6.07) is 7.13. The average molecular weight is 220 g/mol. The summed E-state index contributed by atoms with van der Waals surface area (Å²) in [7, 11) is 0. The standard InChI is InChI=1S/C13H17FN2/c14-11-7-5-10(6-8-11)13(9-15)16-12-3-1-2-4-12/h1-2,5-8,12-13,16H,3-4,9,15H2. The van der Waals surface area contributed by atoms with Gasteiger partial charge < -0.3 is 11.1 Å². The fraction of sp³-hybridized carbons (Fsp3) is 0.385. The first-order chi connectivity index (χ1) is 7.79. The van der Waals surface area contributed by atoms with E-state index in [-0.39, 0.29) is 11.9 Å². The zero-order chi connectivity index (χ0) is 11.4. The predicted molar refractivity (Wildman–Crippen MR) is 63.5 cm³/mol. The molecule has 0 amide bonds. The summed E-state index contributed by atoms with van der Waals surface area (Å²) in [6.07, 6.45) is 6.46. The van der Waals surface area contributed by atoms with Gasteiger partial charge in [-0.3, -0.25) is 0 Å². The van der Waals surface area contributed by atoms with Gasteiger partial charge in [0.25, 0.3) is 0 Å². The summed E-state index contributed by atoms with van der Waals surface area (Å²) in [5.74, 6) is -0.206. The number of hydrogen-bond donors (Lipinski definition) is 2. The van der Waals surface area contributed by atoms with E-state index in [4.69, 9.17) is 5.73 Å². The molecule has 2 rings (SSSR count). The smallest absolute Gasteiger partial charge is 0.123 e. The maximum absolute atomic E-state index is 12.8. The van der Waals surface area contributed by atoms with Gasteiger partial charge in [-0.2, -0.15) is 0 Å². The second-order valence-corrected chi connectivity index (χ2v) is 4.15. The van der Waals surface area contributed by atoms with Crippen molar-refractivity contribution >= 4 is 0 Å². The molecule has 0 radical (unpaired) electrons. The molecular formula is C13H17FN2. The monoisotopic (exact) mass is 220 g/mol. The van der Waals surface area contributed by atoms with E-state index < -0.39 is 0 Å². The first-order valence-electron chi connectivity index (χ1n) is 5.66. The molecular weight excluding hydrogens is 203 g/mol. The van der Waals surface area contributed by atoms with Gasteiger partial charge in [0, 0.05) is 18.6 Å². The number of hydrogen-bond acceptors (Lipinski definition) is 2. The molecule has 1 aromatic rings. The van der Waals surface area contributed by atoms with Crippen LogP contribution < -0.4 is 11.1 Å². The van der Waals surface area contributed by atoms with Crippen molar-refractivity contribution in [2.75, 3.05) is 6.54 Å². The van der Waals surface area contributed by atoms with Gasteiger partial charge in [0.15, 0.2) is 0 Å². The van der Waals surface area contributed by atoms with Gasteiger partial charge in [-0.1, -0.05) is 24.3 Å². The Morgan fingerprint density at radius 1 is 1.25 bits per heavy atom. The van der Waals surface area contributed by atoms with E-state index >= 15 is 0 Å². The van der Waals surface area contributed by atoms with Crippen LogP contribution in [0.5, 0.6) is 0 Å². The molecule has 1 atom stereocenters. The third-order valence-corrected chi connectivity index (χ3v) is 2.95. The second kappa shape index (κ2) is 5.23. The minimum Gasteiger partial charge on any atom is -0.329 e. The van der Waals surface area contributed by atoms with E-state index in [0.29, 0.717) is 12.6 Å². The molecule has 0 spiro atoms. The van der Waals surface area contributed by atoms with Crippen molar-refractivity contribution < 1.29 is 4.39 Å². The van der Waals surface area contributed by atoms with Crippen molar-refractivity contribution in [2.24, 2.45) is 5.73 Å². The Labute approximate surface area is 95.3 Å². The molecule has 0 saturated heterocycles. The van der Waals surface area contributed by atoms with Crippen LogP contribution in [0, 0.1) is 5.82 Å². The molecule has 1 aliphatic rings. The van der Waals surface area contributed by atoms with Gasteiger partial charge in [0.2, 0.25) is 0 Å². The fourth-order valence-corrected chi connectivity index (χ4v) is 2.03. The van der Waals surface area contributed by atoms with Crippen LogP contribution in [0.1, 0.15) is 24.4 Å². The Hall–Kier alpha value is -1.19. The predicted octanol–water partition coefficient (Wildman–Crippen LogP) is 2.13. The topological polar surface area (TPSA) is 38.0 Å². The molecule has 0 saturated carbocycles. The molecule has 0 heterocycles. The van der Waals surface area contributed by atoms with E-state index in [1.807, 2.05) is 0 Å². The second-order valence-electron chi connectivity index (χ2n) is 4.15. The van der Waals surface area contributed by atoms with Crippen LogP contribution in [-0.4, -0.2) is 12.6 Å². The highest BCUT2D eigenvalue weighted by atomic mass is 19.1. The molecule has 0 aromatic heterocycles. The van der Waals surface area contributed by atoms with Crippen LogP contribution in [0.4, 0.5) is 4.39 Å². The maximum Gasteiger partial charge on any atom is 0.123 e. The molecule has 3 N–H and O–H groups in total.